The highest BCUT2D eigenvalue weighted by Crippen LogP contribution is 2.26. The molecular formula is C15H16N6O2. The fourth-order valence-corrected chi connectivity index (χ4v) is 2.48. The lowest BCUT2D eigenvalue weighted by molar-refractivity contribution is -0.000407. The van der Waals surface area contributed by atoms with E-state index in [1.165, 1.54) is 0 Å². The van der Waals surface area contributed by atoms with Gasteiger partial charge in [-0.3, -0.25) is 10.1 Å². The predicted octanol–water partition coefficient (Wildman–Crippen LogP) is 0.782. The Morgan fingerprint density at radius 3 is 3.09 bits per heavy atom. The van der Waals surface area contributed by atoms with Gasteiger partial charge in [0.2, 0.25) is 5.88 Å². The lowest BCUT2D eigenvalue weighted by atomic mass is 10.2. The molecule has 4 heterocycles. The van der Waals surface area contributed by atoms with Crippen LogP contribution in [0.4, 0.5) is 0 Å². The second kappa shape index (κ2) is 6.27. The highest BCUT2D eigenvalue weighted by Gasteiger charge is 2.17. The maximum atomic E-state index is 5.89. The third-order valence-electron chi connectivity index (χ3n) is 3.63. The third kappa shape index (κ3) is 2.99. The molecule has 0 aliphatic carbocycles. The van der Waals surface area contributed by atoms with Gasteiger partial charge < -0.3 is 14.8 Å². The maximum absolute atomic E-state index is 5.89. The molecule has 0 radical (unpaired) electrons. The molecule has 8 nitrogen and oxygen atoms in total. The Morgan fingerprint density at radius 1 is 1.30 bits per heavy atom. The number of nitrogens with zero attached hydrogens (tertiary/aromatic N) is 4. The normalized spacial score (nSPS) is 18.2. The molecule has 8 heteroatoms. The van der Waals surface area contributed by atoms with Gasteiger partial charge in [-0.1, -0.05) is 0 Å². The predicted molar refractivity (Wildman–Crippen MR) is 83.0 cm³/mol. The molecule has 118 valence electrons. The van der Waals surface area contributed by atoms with Gasteiger partial charge in [0.1, 0.15) is 12.7 Å². The van der Waals surface area contributed by atoms with Crippen LogP contribution in [-0.2, 0) is 4.74 Å². The van der Waals surface area contributed by atoms with Gasteiger partial charge >= 0.3 is 0 Å². The number of ether oxygens (including phenoxy) is 2. The highest BCUT2D eigenvalue weighted by atomic mass is 16.5. The van der Waals surface area contributed by atoms with Gasteiger partial charge in [0.05, 0.1) is 24.0 Å². The van der Waals surface area contributed by atoms with Crippen molar-refractivity contribution in [1.29, 1.82) is 0 Å². The number of hydrogen-bond acceptors (Lipinski definition) is 7. The first-order valence-corrected chi connectivity index (χ1v) is 7.46. The van der Waals surface area contributed by atoms with E-state index in [1.54, 1.807) is 24.8 Å². The molecule has 0 bridgehead atoms. The van der Waals surface area contributed by atoms with E-state index < -0.39 is 0 Å². The fourth-order valence-electron chi connectivity index (χ4n) is 2.48. The topological polar surface area (TPSA) is 97.8 Å². The Hall–Kier alpha value is -2.58. The average Bonchev–Trinajstić information content (AvgIpc) is 3.15. The van der Waals surface area contributed by atoms with Crippen molar-refractivity contribution in [1.82, 2.24) is 30.5 Å². The maximum Gasteiger partial charge on any atom is 0.242 e. The molecule has 0 unspecified atom stereocenters. The zero-order chi connectivity index (χ0) is 15.5. The number of aromatic amines is 1. The Morgan fingerprint density at radius 2 is 2.26 bits per heavy atom. The Balaban J connectivity index is 1.66. The summed E-state index contributed by atoms with van der Waals surface area (Å²) in [5, 5.41) is 10.0. The Bertz CT molecular complexity index is 786. The van der Waals surface area contributed by atoms with Crippen LogP contribution in [0.3, 0.4) is 0 Å². The summed E-state index contributed by atoms with van der Waals surface area (Å²) in [4.78, 5) is 13.3. The van der Waals surface area contributed by atoms with Gasteiger partial charge in [-0.2, -0.15) is 5.10 Å². The van der Waals surface area contributed by atoms with Gasteiger partial charge in [-0.05, 0) is 6.07 Å². The molecule has 0 saturated carbocycles. The molecule has 2 N–H and O–H groups in total. The largest absolute Gasteiger partial charge is 0.473 e. The van der Waals surface area contributed by atoms with Crippen LogP contribution in [-0.4, -0.2) is 57.6 Å². The van der Waals surface area contributed by atoms with Gasteiger partial charge in [0.25, 0.3) is 0 Å². The van der Waals surface area contributed by atoms with E-state index in [2.05, 4.69) is 30.5 Å². The molecule has 0 amide bonds. The van der Waals surface area contributed by atoms with Crippen molar-refractivity contribution in [3.63, 3.8) is 0 Å². The summed E-state index contributed by atoms with van der Waals surface area (Å²) < 4.78 is 11.5. The van der Waals surface area contributed by atoms with Crippen LogP contribution in [0.1, 0.15) is 0 Å². The van der Waals surface area contributed by atoms with E-state index in [0.29, 0.717) is 24.6 Å². The van der Waals surface area contributed by atoms with Crippen LogP contribution >= 0.6 is 0 Å². The third-order valence-corrected chi connectivity index (χ3v) is 3.63. The summed E-state index contributed by atoms with van der Waals surface area (Å²) in [6, 6.07) is 1.87. The second-order valence-electron chi connectivity index (χ2n) is 5.23. The zero-order valence-corrected chi connectivity index (χ0v) is 12.4. The molecule has 3 aromatic rings. The molecular weight excluding hydrogens is 296 g/mol. The summed E-state index contributed by atoms with van der Waals surface area (Å²) in [6.45, 7) is 2.75. The number of hydrogen-bond donors (Lipinski definition) is 2. The zero-order valence-electron chi connectivity index (χ0n) is 12.4. The van der Waals surface area contributed by atoms with Crippen LogP contribution in [0.2, 0.25) is 0 Å². The lowest BCUT2D eigenvalue weighted by Crippen LogP contribution is -2.41. The molecule has 1 fully saturated rings. The number of rotatable bonds is 4. The number of morpholine rings is 1. The molecule has 23 heavy (non-hydrogen) atoms. The first-order chi connectivity index (χ1) is 11.4. The summed E-state index contributed by atoms with van der Waals surface area (Å²) in [5.74, 6) is 0.459. The molecule has 0 aromatic carbocycles. The molecule has 4 rings (SSSR count). The Kier molecular flexibility index (Phi) is 3.83. The van der Waals surface area contributed by atoms with E-state index in [9.17, 15) is 0 Å². The number of nitrogens with one attached hydrogen (secondary N) is 2. The minimum absolute atomic E-state index is 0.00912. The number of H-pyrrole nitrogens is 1. The highest BCUT2D eigenvalue weighted by molar-refractivity contribution is 5.83. The SMILES string of the molecule is c1cnc2c(OC[C@@H]3CNCCO3)nc(-c3cn[nH]c3)cc2n1. The Labute approximate surface area is 132 Å². The molecule has 3 aromatic heterocycles. The summed E-state index contributed by atoms with van der Waals surface area (Å²) >= 11 is 0. The fraction of sp³-hybridized carbons (Fsp3) is 0.333. The molecule has 1 aliphatic rings. The van der Waals surface area contributed by atoms with Crippen LogP contribution < -0.4 is 10.1 Å². The second-order valence-corrected chi connectivity index (χ2v) is 5.23. The quantitative estimate of drug-likeness (QED) is 0.734. The van der Waals surface area contributed by atoms with Crippen molar-refractivity contribution in [2.24, 2.45) is 0 Å². The monoisotopic (exact) mass is 312 g/mol. The first kappa shape index (κ1) is 14.0. The van der Waals surface area contributed by atoms with Crippen LogP contribution in [0.25, 0.3) is 22.3 Å². The molecule has 1 saturated heterocycles. The van der Waals surface area contributed by atoms with Crippen molar-refractivity contribution in [2.75, 3.05) is 26.3 Å². The first-order valence-electron chi connectivity index (χ1n) is 7.46. The van der Waals surface area contributed by atoms with E-state index in [0.717, 1.165) is 29.9 Å². The smallest absolute Gasteiger partial charge is 0.242 e. The van der Waals surface area contributed by atoms with Crippen LogP contribution in [0.15, 0.2) is 30.9 Å². The van der Waals surface area contributed by atoms with Crippen molar-refractivity contribution in [3.05, 3.63) is 30.9 Å². The molecule has 1 aliphatic heterocycles. The number of fused-ring (bicyclic) bond motifs is 1. The van der Waals surface area contributed by atoms with Gasteiger partial charge in [0.15, 0.2) is 5.52 Å². The van der Waals surface area contributed by atoms with Crippen LogP contribution in [0, 0.1) is 0 Å². The van der Waals surface area contributed by atoms with E-state index in [-0.39, 0.29) is 6.10 Å². The van der Waals surface area contributed by atoms with Crippen molar-refractivity contribution in [3.8, 4) is 17.1 Å². The summed E-state index contributed by atoms with van der Waals surface area (Å²) in [6.07, 6.45) is 6.78. The molecule has 0 spiro atoms. The average molecular weight is 312 g/mol. The minimum Gasteiger partial charge on any atom is -0.473 e. The van der Waals surface area contributed by atoms with Gasteiger partial charge in [0, 0.05) is 37.2 Å². The summed E-state index contributed by atoms with van der Waals surface area (Å²) in [7, 11) is 0. The van der Waals surface area contributed by atoms with Crippen molar-refractivity contribution >= 4 is 11.0 Å². The number of pyridine rings is 1. The summed E-state index contributed by atoms with van der Waals surface area (Å²) in [5.41, 5.74) is 2.99. The standard InChI is InChI=1S/C15H16N6O2/c1-2-18-14-13(17-1)5-12(10-6-19-20-7-10)21-15(14)23-9-11-8-16-3-4-22-11/h1-2,5-7,11,16H,3-4,8-9H2,(H,19,20)/t11-/m0/s1. The minimum atomic E-state index is 0.00912. The molecule has 1 atom stereocenters. The number of aromatic nitrogens is 5. The van der Waals surface area contributed by atoms with Crippen molar-refractivity contribution < 1.29 is 9.47 Å². The lowest BCUT2D eigenvalue weighted by Gasteiger charge is -2.23. The van der Waals surface area contributed by atoms with E-state index in [4.69, 9.17) is 9.47 Å². The van der Waals surface area contributed by atoms with E-state index in [1.807, 2.05) is 6.07 Å². The van der Waals surface area contributed by atoms with E-state index >= 15 is 0 Å². The van der Waals surface area contributed by atoms with Crippen LogP contribution in [0.5, 0.6) is 5.88 Å². The van der Waals surface area contributed by atoms with Crippen molar-refractivity contribution in [2.45, 2.75) is 6.10 Å². The van der Waals surface area contributed by atoms with Gasteiger partial charge in [-0.25, -0.2) is 9.97 Å². The van der Waals surface area contributed by atoms with Gasteiger partial charge in [-0.15, -0.1) is 0 Å².